The minimum Gasteiger partial charge on any atom is -0.433 e. The zero-order chi connectivity index (χ0) is 17.2. The first-order valence-electron chi connectivity index (χ1n) is 8.04. The van der Waals surface area contributed by atoms with Crippen LogP contribution in [0.1, 0.15) is 25.7 Å². The molecule has 2 heterocycles. The van der Waals surface area contributed by atoms with Crippen LogP contribution in [0.5, 0.6) is 5.75 Å². The van der Waals surface area contributed by atoms with Crippen molar-refractivity contribution in [3.63, 3.8) is 0 Å². The van der Waals surface area contributed by atoms with Gasteiger partial charge in [0.05, 0.1) is 5.02 Å². The molecule has 0 saturated carbocycles. The number of nitrogens with zero attached hydrogens (tertiary/aromatic N) is 1. The van der Waals surface area contributed by atoms with E-state index in [4.69, 9.17) is 11.6 Å². The maximum atomic E-state index is 12.7. The van der Waals surface area contributed by atoms with Crippen molar-refractivity contribution in [2.24, 2.45) is 0 Å². The van der Waals surface area contributed by atoms with Crippen LogP contribution in [-0.4, -0.2) is 42.7 Å². The van der Waals surface area contributed by atoms with Crippen molar-refractivity contribution >= 4 is 23.3 Å². The van der Waals surface area contributed by atoms with Crippen molar-refractivity contribution in [1.29, 1.82) is 0 Å². The molecule has 0 radical (unpaired) electrons. The van der Waals surface area contributed by atoms with Crippen LogP contribution in [0, 0.1) is 0 Å². The third-order valence-electron chi connectivity index (χ3n) is 4.78. The highest BCUT2D eigenvalue weighted by Crippen LogP contribution is 2.37. The molecule has 0 aromatic heterocycles. The number of hydrogen-bond donors (Lipinski definition) is 2. The molecule has 0 aliphatic carbocycles. The highest BCUT2D eigenvalue weighted by atomic mass is 35.5. The van der Waals surface area contributed by atoms with Gasteiger partial charge in [-0.15, -0.1) is 0 Å². The fourth-order valence-electron chi connectivity index (χ4n) is 3.63. The Hall–Kier alpha value is -1.60. The molecule has 0 atom stereocenters. The standard InChI is InChI=1S/C16H20ClF2N3O2/c17-12-10-11(2-3-13(12)24-14(18)19)21-15(23)22-9-1-4-16(22)5-7-20-8-6-16/h2-3,10,14,20H,1,4-9H2,(H,21,23). The van der Waals surface area contributed by atoms with Gasteiger partial charge in [-0.2, -0.15) is 8.78 Å². The Bertz CT molecular complexity index is 609. The van der Waals surface area contributed by atoms with Crippen LogP contribution in [0.4, 0.5) is 19.3 Å². The molecule has 24 heavy (non-hydrogen) atoms. The van der Waals surface area contributed by atoms with Crippen molar-refractivity contribution in [3.8, 4) is 5.75 Å². The summed E-state index contributed by atoms with van der Waals surface area (Å²) >= 11 is 5.93. The molecule has 2 aliphatic heterocycles. The first kappa shape index (κ1) is 17.2. The maximum absolute atomic E-state index is 12.7. The lowest BCUT2D eigenvalue weighted by Gasteiger charge is -2.41. The number of hydrogen-bond acceptors (Lipinski definition) is 3. The topological polar surface area (TPSA) is 53.6 Å². The number of ether oxygens (including phenoxy) is 1. The van der Waals surface area contributed by atoms with Crippen LogP contribution in [0.25, 0.3) is 0 Å². The third kappa shape index (κ3) is 3.57. The van der Waals surface area contributed by atoms with E-state index in [-0.39, 0.29) is 22.3 Å². The van der Waals surface area contributed by atoms with E-state index >= 15 is 0 Å². The monoisotopic (exact) mass is 359 g/mol. The molecular formula is C16H20ClF2N3O2. The van der Waals surface area contributed by atoms with Crippen molar-refractivity contribution in [2.75, 3.05) is 25.0 Å². The Kier molecular flexibility index (Phi) is 5.10. The van der Waals surface area contributed by atoms with E-state index < -0.39 is 6.61 Å². The normalized spacial score (nSPS) is 19.8. The van der Waals surface area contributed by atoms with E-state index in [0.717, 1.165) is 45.3 Å². The van der Waals surface area contributed by atoms with Crippen LogP contribution >= 0.6 is 11.6 Å². The fraction of sp³-hybridized carbons (Fsp3) is 0.562. The summed E-state index contributed by atoms with van der Waals surface area (Å²) in [6.45, 7) is -0.385. The molecule has 3 rings (SSSR count). The van der Waals surface area contributed by atoms with E-state index in [9.17, 15) is 13.6 Å². The van der Waals surface area contributed by atoms with Gasteiger partial charge in [0, 0.05) is 17.8 Å². The number of likely N-dealkylation sites (tertiary alicyclic amines) is 1. The maximum Gasteiger partial charge on any atom is 0.387 e. The second-order valence-electron chi connectivity index (χ2n) is 6.18. The van der Waals surface area contributed by atoms with Crippen molar-refractivity contribution in [3.05, 3.63) is 23.2 Å². The molecule has 8 heteroatoms. The van der Waals surface area contributed by atoms with Gasteiger partial charge in [-0.3, -0.25) is 0 Å². The van der Waals surface area contributed by atoms with Gasteiger partial charge >= 0.3 is 12.6 Å². The summed E-state index contributed by atoms with van der Waals surface area (Å²) in [5.41, 5.74) is 0.389. The highest BCUT2D eigenvalue weighted by Gasteiger charge is 2.44. The van der Waals surface area contributed by atoms with E-state index in [1.807, 2.05) is 4.90 Å². The van der Waals surface area contributed by atoms with Gasteiger partial charge in [-0.25, -0.2) is 4.79 Å². The number of nitrogens with one attached hydrogen (secondary N) is 2. The van der Waals surface area contributed by atoms with Crippen LogP contribution in [0.2, 0.25) is 5.02 Å². The second kappa shape index (κ2) is 7.11. The number of piperidine rings is 1. The number of amides is 2. The first-order chi connectivity index (χ1) is 11.5. The number of urea groups is 1. The summed E-state index contributed by atoms with van der Waals surface area (Å²) in [5.74, 6) is -0.110. The summed E-state index contributed by atoms with van der Waals surface area (Å²) in [6.07, 6.45) is 3.91. The van der Waals surface area contributed by atoms with Crippen molar-refractivity contribution < 1.29 is 18.3 Å². The Balaban J connectivity index is 1.69. The molecule has 2 fully saturated rings. The Morgan fingerprint density at radius 3 is 2.75 bits per heavy atom. The van der Waals surface area contributed by atoms with Gasteiger partial charge in [-0.05, 0) is 57.0 Å². The van der Waals surface area contributed by atoms with Crippen molar-refractivity contribution in [2.45, 2.75) is 37.8 Å². The molecule has 1 aromatic rings. The molecule has 2 saturated heterocycles. The van der Waals surface area contributed by atoms with Crippen LogP contribution in [0.15, 0.2) is 18.2 Å². The zero-order valence-corrected chi connectivity index (χ0v) is 13.9. The van der Waals surface area contributed by atoms with Crippen LogP contribution in [0.3, 0.4) is 0 Å². The lowest BCUT2D eigenvalue weighted by molar-refractivity contribution is -0.0497. The Morgan fingerprint density at radius 1 is 1.33 bits per heavy atom. The molecule has 132 valence electrons. The largest absolute Gasteiger partial charge is 0.433 e. The summed E-state index contributed by atoms with van der Waals surface area (Å²) < 4.78 is 28.8. The van der Waals surface area contributed by atoms with Gasteiger partial charge in [0.15, 0.2) is 0 Å². The summed E-state index contributed by atoms with van der Waals surface area (Å²) in [4.78, 5) is 14.6. The van der Waals surface area contributed by atoms with Gasteiger partial charge < -0.3 is 20.3 Å². The second-order valence-corrected chi connectivity index (χ2v) is 6.59. The Morgan fingerprint density at radius 2 is 2.08 bits per heavy atom. The molecule has 2 aliphatic rings. The van der Waals surface area contributed by atoms with Crippen molar-refractivity contribution in [1.82, 2.24) is 10.2 Å². The predicted octanol–water partition coefficient (Wildman–Crippen LogP) is 3.69. The SMILES string of the molecule is O=C(Nc1ccc(OC(F)F)c(Cl)c1)N1CCCC12CCNCC2. The minimum absolute atomic E-state index is 0.0334. The molecule has 2 N–H and O–H groups in total. The smallest absolute Gasteiger partial charge is 0.387 e. The van der Waals surface area contributed by atoms with Gasteiger partial charge in [0.1, 0.15) is 5.75 Å². The molecule has 2 amide bonds. The lowest BCUT2D eigenvalue weighted by atomic mass is 9.86. The molecule has 5 nitrogen and oxygen atoms in total. The third-order valence-corrected chi connectivity index (χ3v) is 5.07. The van der Waals surface area contributed by atoms with Crippen LogP contribution < -0.4 is 15.4 Å². The molecule has 0 unspecified atom stereocenters. The number of rotatable bonds is 3. The fourth-order valence-corrected chi connectivity index (χ4v) is 3.85. The van der Waals surface area contributed by atoms with Crippen LogP contribution in [-0.2, 0) is 0 Å². The number of alkyl halides is 2. The summed E-state index contributed by atoms with van der Waals surface area (Å²) in [7, 11) is 0. The number of anilines is 1. The minimum atomic E-state index is -2.94. The van der Waals surface area contributed by atoms with Gasteiger partial charge in [0.2, 0.25) is 0 Å². The first-order valence-corrected chi connectivity index (χ1v) is 8.42. The zero-order valence-electron chi connectivity index (χ0n) is 13.2. The average Bonchev–Trinajstić information content (AvgIpc) is 2.93. The Labute approximate surface area is 144 Å². The van der Waals surface area contributed by atoms with E-state index in [1.54, 1.807) is 0 Å². The molecule has 1 spiro atoms. The van der Waals surface area contributed by atoms with Gasteiger partial charge in [0.25, 0.3) is 0 Å². The number of benzene rings is 1. The molecular weight excluding hydrogens is 340 g/mol. The average molecular weight is 360 g/mol. The molecule has 1 aromatic carbocycles. The predicted molar refractivity (Wildman–Crippen MR) is 87.9 cm³/mol. The summed E-state index contributed by atoms with van der Waals surface area (Å²) in [5, 5.41) is 6.17. The van der Waals surface area contributed by atoms with E-state index in [0.29, 0.717) is 5.69 Å². The van der Waals surface area contributed by atoms with E-state index in [1.165, 1.54) is 18.2 Å². The van der Waals surface area contributed by atoms with E-state index in [2.05, 4.69) is 15.4 Å². The quantitative estimate of drug-likeness (QED) is 0.865. The summed E-state index contributed by atoms with van der Waals surface area (Å²) in [6, 6.07) is 4.08. The number of carbonyl (C=O) groups excluding carboxylic acids is 1. The number of halogens is 3. The lowest BCUT2D eigenvalue weighted by Crippen LogP contribution is -2.54. The van der Waals surface area contributed by atoms with Gasteiger partial charge in [-0.1, -0.05) is 11.6 Å². The highest BCUT2D eigenvalue weighted by molar-refractivity contribution is 6.32. The number of carbonyl (C=O) groups is 1. The molecule has 0 bridgehead atoms.